The van der Waals surface area contributed by atoms with E-state index in [1.54, 1.807) is 12.1 Å². The van der Waals surface area contributed by atoms with E-state index in [0.29, 0.717) is 11.4 Å². The molecule has 0 aliphatic heterocycles. The molecule has 0 spiro atoms. The number of amides is 1. The fraction of sp³-hybridized carbons (Fsp3) is 0.0588. The van der Waals surface area contributed by atoms with Gasteiger partial charge in [0.05, 0.1) is 22.0 Å². The average molecular weight is 381 g/mol. The summed E-state index contributed by atoms with van der Waals surface area (Å²) in [7, 11) is 0. The lowest BCUT2D eigenvalue weighted by atomic mass is 10.1. The summed E-state index contributed by atoms with van der Waals surface area (Å²) in [6.45, 7) is 0. The van der Waals surface area contributed by atoms with Crippen LogP contribution >= 0.6 is 11.6 Å². The largest absolute Gasteiger partial charge is 0.418 e. The molecule has 2 aromatic rings. The van der Waals surface area contributed by atoms with Crippen LogP contribution in [0.25, 0.3) is 0 Å². The van der Waals surface area contributed by atoms with Crippen LogP contribution in [0.15, 0.2) is 54.2 Å². The molecule has 1 amide bonds. The first-order valence-electron chi connectivity index (χ1n) is 7.12. The van der Waals surface area contributed by atoms with Gasteiger partial charge in [0.15, 0.2) is 0 Å². The molecule has 0 bridgehead atoms. The van der Waals surface area contributed by atoms with Crippen molar-refractivity contribution in [1.82, 2.24) is 0 Å². The average Bonchev–Trinajstić information content (AvgIpc) is 2.56. The van der Waals surface area contributed by atoms with Gasteiger partial charge in [-0.25, -0.2) is 0 Å². The van der Waals surface area contributed by atoms with Crippen LogP contribution in [0, 0.1) is 11.3 Å². The lowest BCUT2D eigenvalue weighted by Crippen LogP contribution is -2.18. The molecule has 9 heteroatoms. The van der Waals surface area contributed by atoms with Crippen molar-refractivity contribution in [2.75, 3.05) is 16.4 Å². The van der Waals surface area contributed by atoms with Gasteiger partial charge in [-0.3, -0.25) is 4.79 Å². The van der Waals surface area contributed by atoms with Crippen LogP contribution in [0.1, 0.15) is 5.56 Å². The van der Waals surface area contributed by atoms with Crippen molar-refractivity contribution in [3.63, 3.8) is 0 Å². The van der Waals surface area contributed by atoms with Crippen molar-refractivity contribution in [3.8, 4) is 6.07 Å². The van der Waals surface area contributed by atoms with Crippen LogP contribution < -0.4 is 16.4 Å². The highest BCUT2D eigenvalue weighted by atomic mass is 35.5. The number of para-hydroxylation sites is 1. The Balaban J connectivity index is 2.21. The summed E-state index contributed by atoms with van der Waals surface area (Å²) in [6, 6.07) is 10.6. The Labute approximate surface area is 151 Å². The number of nitrogens with two attached hydrogens (primary N) is 1. The standard InChI is InChI=1S/C17H12ClF3N4O/c18-13-7-11(23)5-6-15(13)24-9-10(8-22)16(26)25-14-4-2-1-3-12(14)17(19,20)21/h1-7,9,24H,23H2,(H,25,26)/b10-9-. The van der Waals surface area contributed by atoms with Crippen LogP contribution in [0.3, 0.4) is 0 Å². The minimum atomic E-state index is -4.64. The molecule has 4 N–H and O–H groups in total. The Kier molecular flexibility index (Phi) is 5.75. The number of nitrogens with one attached hydrogen (secondary N) is 2. The van der Waals surface area contributed by atoms with Gasteiger partial charge in [-0.1, -0.05) is 23.7 Å². The Morgan fingerprint density at radius 1 is 1.19 bits per heavy atom. The highest BCUT2D eigenvalue weighted by molar-refractivity contribution is 6.33. The van der Waals surface area contributed by atoms with Gasteiger partial charge >= 0.3 is 6.18 Å². The number of alkyl halides is 3. The lowest BCUT2D eigenvalue weighted by Gasteiger charge is -2.13. The number of halogens is 4. The van der Waals surface area contributed by atoms with Gasteiger partial charge in [-0.15, -0.1) is 0 Å². The number of rotatable bonds is 4. The maximum Gasteiger partial charge on any atom is 0.418 e. The molecule has 0 atom stereocenters. The number of carbonyl (C=O) groups excluding carboxylic acids is 1. The van der Waals surface area contributed by atoms with Crippen molar-refractivity contribution in [2.45, 2.75) is 6.18 Å². The number of hydrogen-bond donors (Lipinski definition) is 3. The highest BCUT2D eigenvalue weighted by Crippen LogP contribution is 2.34. The van der Waals surface area contributed by atoms with E-state index in [4.69, 9.17) is 22.6 Å². The van der Waals surface area contributed by atoms with Crippen LogP contribution in [-0.4, -0.2) is 5.91 Å². The van der Waals surface area contributed by atoms with E-state index in [2.05, 4.69) is 10.6 Å². The van der Waals surface area contributed by atoms with Crippen LogP contribution in [0.4, 0.5) is 30.2 Å². The van der Waals surface area contributed by atoms with E-state index in [9.17, 15) is 18.0 Å². The van der Waals surface area contributed by atoms with Crippen molar-refractivity contribution in [1.29, 1.82) is 5.26 Å². The van der Waals surface area contributed by atoms with Crippen molar-refractivity contribution < 1.29 is 18.0 Å². The van der Waals surface area contributed by atoms with E-state index < -0.39 is 28.9 Å². The first-order valence-corrected chi connectivity index (χ1v) is 7.49. The molecule has 0 unspecified atom stereocenters. The summed E-state index contributed by atoms with van der Waals surface area (Å²) in [5.74, 6) is -0.997. The zero-order valence-corrected chi connectivity index (χ0v) is 13.8. The molecule has 0 heterocycles. The molecule has 2 rings (SSSR count). The first kappa shape index (κ1) is 19.1. The van der Waals surface area contributed by atoms with E-state index >= 15 is 0 Å². The molecule has 0 aliphatic rings. The topological polar surface area (TPSA) is 90.9 Å². The normalized spacial score (nSPS) is 11.6. The van der Waals surface area contributed by atoms with Crippen molar-refractivity contribution in [2.24, 2.45) is 0 Å². The second-order valence-electron chi connectivity index (χ2n) is 5.05. The van der Waals surface area contributed by atoms with Gasteiger partial charge in [0.2, 0.25) is 0 Å². The molecule has 2 aromatic carbocycles. The Morgan fingerprint density at radius 3 is 2.50 bits per heavy atom. The molecular formula is C17H12ClF3N4O. The van der Waals surface area contributed by atoms with Crippen LogP contribution in [0.2, 0.25) is 5.02 Å². The molecule has 26 heavy (non-hydrogen) atoms. The predicted molar refractivity (Wildman–Crippen MR) is 93.3 cm³/mol. The monoisotopic (exact) mass is 380 g/mol. The van der Waals surface area contributed by atoms with Gasteiger partial charge in [0, 0.05) is 11.9 Å². The Hall–Kier alpha value is -3.18. The quantitative estimate of drug-likeness (QED) is 0.416. The number of anilines is 3. The Bertz CT molecular complexity index is 904. The molecule has 0 aliphatic carbocycles. The molecule has 0 saturated carbocycles. The number of nitrogens with zero attached hydrogens (tertiary/aromatic N) is 1. The predicted octanol–water partition coefficient (Wildman–Crippen LogP) is 4.40. The third kappa shape index (κ3) is 4.68. The summed E-state index contributed by atoms with van der Waals surface area (Å²) in [6.07, 6.45) is -3.60. The molecule has 5 nitrogen and oxygen atoms in total. The lowest BCUT2D eigenvalue weighted by molar-refractivity contribution is -0.137. The van der Waals surface area contributed by atoms with Gasteiger partial charge < -0.3 is 16.4 Å². The van der Waals surface area contributed by atoms with Crippen molar-refractivity contribution in [3.05, 3.63) is 64.8 Å². The van der Waals surface area contributed by atoms with Crippen LogP contribution in [-0.2, 0) is 11.0 Å². The summed E-state index contributed by atoms with van der Waals surface area (Å²) in [5.41, 5.74) is 4.46. The van der Waals surface area contributed by atoms with Gasteiger partial charge in [0.25, 0.3) is 5.91 Å². The van der Waals surface area contributed by atoms with E-state index in [0.717, 1.165) is 18.3 Å². The van der Waals surface area contributed by atoms with E-state index in [1.807, 2.05) is 0 Å². The second-order valence-corrected chi connectivity index (χ2v) is 5.46. The molecular weight excluding hydrogens is 369 g/mol. The zero-order valence-electron chi connectivity index (χ0n) is 13.1. The number of nitrogen functional groups attached to an aromatic ring is 1. The maximum atomic E-state index is 13.0. The molecule has 0 saturated heterocycles. The number of carbonyl (C=O) groups is 1. The first-order chi connectivity index (χ1) is 12.2. The maximum absolute atomic E-state index is 13.0. The number of hydrogen-bond acceptors (Lipinski definition) is 4. The highest BCUT2D eigenvalue weighted by Gasteiger charge is 2.33. The third-order valence-corrected chi connectivity index (χ3v) is 3.52. The van der Waals surface area contributed by atoms with Crippen LogP contribution in [0.5, 0.6) is 0 Å². The fourth-order valence-electron chi connectivity index (χ4n) is 1.98. The van der Waals surface area contributed by atoms with Gasteiger partial charge in [0.1, 0.15) is 11.6 Å². The summed E-state index contributed by atoms with van der Waals surface area (Å²) < 4.78 is 38.9. The van der Waals surface area contributed by atoms with E-state index in [-0.39, 0.29) is 5.02 Å². The molecule has 0 fully saturated rings. The minimum Gasteiger partial charge on any atom is -0.399 e. The number of benzene rings is 2. The summed E-state index contributed by atoms with van der Waals surface area (Å²) in [4.78, 5) is 12.1. The smallest absolute Gasteiger partial charge is 0.399 e. The van der Waals surface area contributed by atoms with E-state index in [1.165, 1.54) is 24.3 Å². The van der Waals surface area contributed by atoms with Gasteiger partial charge in [-0.2, -0.15) is 18.4 Å². The summed E-state index contributed by atoms with van der Waals surface area (Å²) >= 11 is 5.96. The van der Waals surface area contributed by atoms with Gasteiger partial charge in [-0.05, 0) is 30.3 Å². The fourth-order valence-corrected chi connectivity index (χ4v) is 2.22. The Morgan fingerprint density at radius 2 is 1.88 bits per heavy atom. The number of nitriles is 1. The zero-order chi connectivity index (χ0) is 19.3. The summed E-state index contributed by atoms with van der Waals surface area (Å²) in [5, 5.41) is 14.1. The van der Waals surface area contributed by atoms with Crippen molar-refractivity contribution >= 4 is 34.6 Å². The molecule has 0 aromatic heterocycles. The molecule has 134 valence electrons. The second kappa shape index (κ2) is 7.80. The molecule has 0 radical (unpaired) electrons. The SMILES string of the molecule is N#C/C(=C/Nc1ccc(N)cc1Cl)C(=O)Nc1ccccc1C(F)(F)F. The third-order valence-electron chi connectivity index (χ3n) is 3.21. The minimum absolute atomic E-state index is 0.251.